The summed E-state index contributed by atoms with van der Waals surface area (Å²) in [5.41, 5.74) is 3.05. The largest absolute Gasteiger partial charge is 0.340 e. The summed E-state index contributed by atoms with van der Waals surface area (Å²) in [4.78, 5) is 4.04. The third kappa shape index (κ3) is 4.54. The van der Waals surface area contributed by atoms with Crippen molar-refractivity contribution >= 4 is 23.1 Å². The number of rotatable bonds is 7. The first-order chi connectivity index (χ1) is 13.1. The Morgan fingerprint density at radius 3 is 2.41 bits per heavy atom. The van der Waals surface area contributed by atoms with Crippen molar-refractivity contribution in [2.45, 2.75) is 69.9 Å². The Bertz CT molecular complexity index is 711. The zero-order chi connectivity index (χ0) is 19.3. The molecule has 1 nitrogen and oxygen atoms in total. The Labute approximate surface area is 170 Å². The number of benzene rings is 2. The van der Waals surface area contributed by atoms with Crippen LogP contribution in [0.2, 0.25) is 0 Å². The molecule has 0 fully saturated rings. The molecular formula is C25H35NS. The molecule has 2 unspecified atom stereocenters. The number of unbranched alkanes of at least 4 members (excludes halogenated alkanes) is 1. The quantitative estimate of drug-likeness (QED) is 0.479. The van der Waals surface area contributed by atoms with Crippen molar-refractivity contribution in [1.29, 1.82) is 0 Å². The average molecular weight is 382 g/mol. The van der Waals surface area contributed by atoms with Gasteiger partial charge in [-0.15, -0.1) is 11.8 Å². The normalized spacial score (nSPS) is 22.6. The average Bonchev–Trinajstić information content (AvgIpc) is 2.82. The molecule has 0 N–H and O–H groups in total. The summed E-state index contributed by atoms with van der Waals surface area (Å²) in [6.07, 6.45) is 6.46. The maximum atomic E-state index is 2.60. The molecule has 0 saturated carbocycles. The van der Waals surface area contributed by atoms with Gasteiger partial charge >= 0.3 is 0 Å². The molecule has 27 heavy (non-hydrogen) atoms. The van der Waals surface area contributed by atoms with E-state index in [1.807, 2.05) is 0 Å². The Hall–Kier alpha value is -1.41. The minimum atomic E-state index is 0.347. The van der Waals surface area contributed by atoms with Crippen molar-refractivity contribution in [2.24, 2.45) is 11.3 Å². The summed E-state index contributed by atoms with van der Waals surface area (Å²) in [5, 5.41) is 0.670. The topological polar surface area (TPSA) is 3.24 Å². The molecule has 1 aliphatic heterocycles. The lowest BCUT2D eigenvalue weighted by Gasteiger charge is -2.42. The molecule has 2 aromatic rings. The van der Waals surface area contributed by atoms with E-state index >= 15 is 0 Å². The van der Waals surface area contributed by atoms with Gasteiger partial charge in [0.2, 0.25) is 0 Å². The van der Waals surface area contributed by atoms with Crippen LogP contribution in [0.5, 0.6) is 0 Å². The van der Waals surface area contributed by atoms with E-state index in [9.17, 15) is 0 Å². The molecular weight excluding hydrogens is 346 g/mol. The van der Waals surface area contributed by atoms with Crippen molar-refractivity contribution in [1.82, 2.24) is 0 Å². The number of hydrogen-bond donors (Lipinski definition) is 0. The predicted molar refractivity (Wildman–Crippen MR) is 121 cm³/mol. The van der Waals surface area contributed by atoms with E-state index in [4.69, 9.17) is 0 Å². The third-order valence-electron chi connectivity index (χ3n) is 6.07. The number of para-hydroxylation sites is 2. The van der Waals surface area contributed by atoms with Crippen LogP contribution >= 0.6 is 11.8 Å². The second kappa shape index (κ2) is 9.19. The fourth-order valence-electron chi connectivity index (χ4n) is 4.41. The fraction of sp³-hybridized carbons (Fsp3) is 0.520. The van der Waals surface area contributed by atoms with Crippen LogP contribution in [0.4, 0.5) is 11.4 Å². The number of anilines is 2. The second-order valence-corrected chi connectivity index (χ2v) is 9.69. The van der Waals surface area contributed by atoms with Gasteiger partial charge in [0.1, 0.15) is 0 Å². The van der Waals surface area contributed by atoms with E-state index in [0.717, 1.165) is 12.5 Å². The molecule has 1 aliphatic rings. The van der Waals surface area contributed by atoms with Crippen LogP contribution in [0.3, 0.4) is 0 Å². The molecule has 3 rings (SSSR count). The maximum absolute atomic E-state index is 2.60. The van der Waals surface area contributed by atoms with Gasteiger partial charge in [0.25, 0.3) is 0 Å². The molecule has 0 saturated heterocycles. The summed E-state index contributed by atoms with van der Waals surface area (Å²) >= 11 is 2.14. The minimum Gasteiger partial charge on any atom is -0.340 e. The molecule has 1 heterocycles. The summed E-state index contributed by atoms with van der Waals surface area (Å²) in [6, 6.07) is 20.0. The Morgan fingerprint density at radius 1 is 1.04 bits per heavy atom. The van der Waals surface area contributed by atoms with Gasteiger partial charge in [0.05, 0.1) is 5.69 Å². The van der Waals surface area contributed by atoms with Crippen molar-refractivity contribution in [2.75, 3.05) is 11.4 Å². The van der Waals surface area contributed by atoms with Crippen molar-refractivity contribution in [3.8, 4) is 0 Å². The van der Waals surface area contributed by atoms with E-state index in [1.165, 1.54) is 48.4 Å². The highest BCUT2D eigenvalue weighted by atomic mass is 32.2. The summed E-state index contributed by atoms with van der Waals surface area (Å²) in [6.45, 7) is 10.6. The number of thioether (sulfide) groups is 1. The van der Waals surface area contributed by atoms with Gasteiger partial charge in [-0.2, -0.15) is 0 Å². The minimum absolute atomic E-state index is 0.347. The Morgan fingerprint density at radius 2 is 1.74 bits per heavy atom. The monoisotopic (exact) mass is 381 g/mol. The lowest BCUT2D eigenvalue weighted by Crippen LogP contribution is -2.41. The fourth-order valence-corrected chi connectivity index (χ4v) is 6.26. The molecule has 2 atom stereocenters. The summed E-state index contributed by atoms with van der Waals surface area (Å²) < 4.78 is 0. The van der Waals surface area contributed by atoms with Crippen LogP contribution in [0, 0.1) is 11.3 Å². The smallest absolute Gasteiger partial charge is 0.0549 e. The maximum Gasteiger partial charge on any atom is 0.0549 e. The summed E-state index contributed by atoms with van der Waals surface area (Å²) in [7, 11) is 0. The Kier molecular flexibility index (Phi) is 6.92. The molecule has 2 heteroatoms. The van der Waals surface area contributed by atoms with Crippen molar-refractivity contribution < 1.29 is 0 Å². The van der Waals surface area contributed by atoms with E-state index < -0.39 is 0 Å². The first-order valence-electron chi connectivity index (χ1n) is 10.7. The van der Waals surface area contributed by atoms with E-state index in [1.54, 1.807) is 0 Å². The zero-order valence-corrected chi connectivity index (χ0v) is 18.3. The van der Waals surface area contributed by atoms with Gasteiger partial charge in [-0.3, -0.25) is 0 Å². The van der Waals surface area contributed by atoms with E-state index in [2.05, 4.69) is 99.0 Å². The van der Waals surface area contributed by atoms with Gasteiger partial charge in [-0.25, -0.2) is 0 Å². The first-order valence-corrected chi connectivity index (χ1v) is 11.6. The lowest BCUT2D eigenvalue weighted by molar-refractivity contribution is 0.227. The molecule has 0 amide bonds. The molecule has 146 valence electrons. The number of fused-ring (bicyclic) bond motifs is 1. The van der Waals surface area contributed by atoms with Gasteiger partial charge in [0, 0.05) is 27.8 Å². The van der Waals surface area contributed by atoms with Crippen LogP contribution < -0.4 is 4.90 Å². The van der Waals surface area contributed by atoms with Gasteiger partial charge < -0.3 is 4.90 Å². The highest BCUT2D eigenvalue weighted by Gasteiger charge is 2.42. The highest BCUT2D eigenvalue weighted by molar-refractivity contribution is 8.00. The molecule has 0 radical (unpaired) electrons. The molecule has 0 aromatic heterocycles. The van der Waals surface area contributed by atoms with E-state index in [-0.39, 0.29) is 0 Å². The lowest BCUT2D eigenvalue weighted by atomic mass is 9.74. The Balaban J connectivity index is 2.09. The highest BCUT2D eigenvalue weighted by Crippen LogP contribution is 2.52. The predicted octanol–water partition coefficient (Wildman–Crippen LogP) is 7.93. The van der Waals surface area contributed by atoms with Crippen LogP contribution in [-0.4, -0.2) is 11.8 Å². The van der Waals surface area contributed by atoms with Crippen LogP contribution in [0.15, 0.2) is 59.5 Å². The van der Waals surface area contributed by atoms with Crippen LogP contribution in [0.1, 0.15) is 59.8 Å². The van der Waals surface area contributed by atoms with Gasteiger partial charge in [-0.1, -0.05) is 70.9 Å². The van der Waals surface area contributed by atoms with Crippen molar-refractivity contribution in [3.05, 3.63) is 54.6 Å². The van der Waals surface area contributed by atoms with Crippen LogP contribution in [-0.2, 0) is 0 Å². The molecule has 2 aromatic carbocycles. The second-order valence-electron chi connectivity index (χ2n) is 8.44. The number of hydrogen-bond acceptors (Lipinski definition) is 2. The van der Waals surface area contributed by atoms with Gasteiger partial charge in [-0.05, 0) is 49.4 Å². The van der Waals surface area contributed by atoms with Gasteiger partial charge in [0.15, 0.2) is 0 Å². The van der Waals surface area contributed by atoms with E-state index in [0.29, 0.717) is 10.7 Å². The molecule has 0 aliphatic carbocycles. The van der Waals surface area contributed by atoms with Crippen molar-refractivity contribution in [3.63, 3.8) is 0 Å². The summed E-state index contributed by atoms with van der Waals surface area (Å²) in [5.74, 6) is 0.727. The first kappa shape index (κ1) is 20.3. The molecule has 0 bridgehead atoms. The third-order valence-corrected chi connectivity index (χ3v) is 7.64. The SMILES string of the molecule is CCCCC1(CC)CN(c2ccccc2)c2ccccc2SC1CC(C)C. The standard InChI is InChI=1S/C25H35NS/c1-5-7-17-25(6-2)19-26(21-13-9-8-10-14-21)22-15-11-12-16-23(22)27-24(25)18-20(3)4/h8-16,20,24H,5-7,17-19H2,1-4H3. The number of nitrogens with zero attached hydrogens (tertiary/aromatic N) is 1. The molecule has 0 spiro atoms. The van der Waals surface area contributed by atoms with Crippen LogP contribution in [0.25, 0.3) is 0 Å². The zero-order valence-electron chi connectivity index (χ0n) is 17.4.